The van der Waals surface area contributed by atoms with Crippen LogP contribution in [0.3, 0.4) is 0 Å². The minimum Gasteiger partial charge on any atom is -0.340 e. The van der Waals surface area contributed by atoms with Gasteiger partial charge in [-0.2, -0.15) is 0 Å². The zero-order valence-electron chi connectivity index (χ0n) is 14.2. The van der Waals surface area contributed by atoms with Gasteiger partial charge < -0.3 is 5.32 Å². The molecule has 0 spiro atoms. The molecule has 6 heteroatoms. The Morgan fingerprint density at radius 3 is 2.63 bits per heavy atom. The highest BCUT2D eigenvalue weighted by Gasteiger charge is 2.09. The van der Waals surface area contributed by atoms with Gasteiger partial charge in [0, 0.05) is 44.8 Å². The number of hydrogen-bond donors (Lipinski definition) is 1. The van der Waals surface area contributed by atoms with Gasteiger partial charge >= 0.3 is 0 Å². The largest absolute Gasteiger partial charge is 0.340 e. The van der Waals surface area contributed by atoms with Crippen LogP contribution in [0.1, 0.15) is 0 Å². The van der Waals surface area contributed by atoms with Crippen molar-refractivity contribution in [2.24, 2.45) is 0 Å². The lowest BCUT2D eigenvalue weighted by molar-refractivity contribution is 1.25. The normalized spacial score (nSPS) is 11.1. The first kappa shape index (κ1) is 16.2. The van der Waals surface area contributed by atoms with E-state index in [1.165, 1.54) is 5.39 Å². The van der Waals surface area contributed by atoms with Crippen molar-refractivity contribution in [3.8, 4) is 0 Å². The van der Waals surface area contributed by atoms with Crippen molar-refractivity contribution in [1.29, 1.82) is 0 Å². The van der Waals surface area contributed by atoms with E-state index in [1.807, 2.05) is 54.4 Å². The van der Waals surface area contributed by atoms with Gasteiger partial charge in [-0.25, -0.2) is 9.97 Å². The first-order valence-electron chi connectivity index (χ1n) is 8.43. The molecule has 0 aliphatic carbocycles. The zero-order valence-corrected chi connectivity index (χ0v) is 15.8. The predicted octanol–water partition coefficient (Wildman–Crippen LogP) is 6.13. The number of thiazole rings is 1. The van der Waals surface area contributed by atoms with Crippen LogP contribution in [-0.4, -0.2) is 15.0 Å². The maximum atomic E-state index is 4.71. The molecule has 5 rings (SSSR count). The maximum Gasteiger partial charge on any atom is 0.138 e. The Morgan fingerprint density at radius 2 is 1.74 bits per heavy atom. The molecule has 130 valence electrons. The van der Waals surface area contributed by atoms with Crippen LogP contribution in [0.2, 0.25) is 0 Å². The lowest BCUT2D eigenvalue weighted by Crippen LogP contribution is -1.95. The average Bonchev–Trinajstić information content (AvgIpc) is 3.18. The Hall–Kier alpha value is -2.96. The molecule has 27 heavy (non-hydrogen) atoms. The third-order valence-corrected chi connectivity index (χ3v) is 6.07. The molecule has 0 aliphatic rings. The number of fused-ring (bicyclic) bond motifs is 2. The summed E-state index contributed by atoms with van der Waals surface area (Å²) in [6, 6.07) is 18.6. The highest BCUT2D eigenvalue weighted by molar-refractivity contribution is 7.99. The number of nitrogens with zero attached hydrogens (tertiary/aromatic N) is 3. The van der Waals surface area contributed by atoms with Crippen LogP contribution in [0.4, 0.5) is 11.5 Å². The first-order valence-corrected chi connectivity index (χ1v) is 10.1. The van der Waals surface area contributed by atoms with E-state index in [9.17, 15) is 0 Å². The fourth-order valence-corrected chi connectivity index (χ4v) is 4.57. The van der Waals surface area contributed by atoms with Crippen molar-refractivity contribution in [1.82, 2.24) is 15.0 Å². The Morgan fingerprint density at radius 1 is 0.889 bits per heavy atom. The van der Waals surface area contributed by atoms with Crippen LogP contribution >= 0.6 is 23.1 Å². The van der Waals surface area contributed by atoms with Crippen LogP contribution in [0, 0.1) is 0 Å². The molecule has 0 bridgehead atoms. The van der Waals surface area contributed by atoms with E-state index < -0.39 is 0 Å². The zero-order chi connectivity index (χ0) is 18.1. The quantitative estimate of drug-likeness (QED) is 0.402. The topological polar surface area (TPSA) is 50.7 Å². The monoisotopic (exact) mass is 386 g/mol. The molecule has 0 unspecified atom stereocenters. The molecule has 4 nitrogen and oxygen atoms in total. The summed E-state index contributed by atoms with van der Waals surface area (Å²) in [5, 5.41) is 5.74. The number of anilines is 2. The van der Waals surface area contributed by atoms with Gasteiger partial charge in [0.1, 0.15) is 5.82 Å². The van der Waals surface area contributed by atoms with Crippen LogP contribution in [0.25, 0.3) is 21.0 Å². The third-order valence-electron chi connectivity index (χ3n) is 4.23. The maximum absolute atomic E-state index is 4.71. The van der Waals surface area contributed by atoms with Gasteiger partial charge in [0.25, 0.3) is 0 Å². The number of nitrogens with one attached hydrogen (secondary N) is 1. The second-order valence-electron chi connectivity index (χ2n) is 5.96. The summed E-state index contributed by atoms with van der Waals surface area (Å²) < 4.78 is 1.16. The highest BCUT2D eigenvalue weighted by Crippen LogP contribution is 2.36. The molecular formula is C21H14N4S2. The summed E-state index contributed by atoms with van der Waals surface area (Å²) in [7, 11) is 0. The summed E-state index contributed by atoms with van der Waals surface area (Å²) in [4.78, 5) is 15.4. The molecule has 0 radical (unpaired) electrons. The van der Waals surface area contributed by atoms with E-state index in [0.29, 0.717) is 0 Å². The number of pyridine rings is 2. The fourth-order valence-electron chi connectivity index (χ4n) is 2.95. The molecule has 0 fully saturated rings. The third kappa shape index (κ3) is 3.25. The minimum absolute atomic E-state index is 0.855. The van der Waals surface area contributed by atoms with Crippen molar-refractivity contribution >= 4 is 55.6 Å². The molecule has 3 heterocycles. The van der Waals surface area contributed by atoms with Crippen molar-refractivity contribution < 1.29 is 0 Å². The Bertz CT molecular complexity index is 1230. The SMILES string of the molecule is c1ccc2c(Nc3ccc4ncsc4c3)ncc(Sc3ccncc3)c2c1. The smallest absolute Gasteiger partial charge is 0.138 e. The molecule has 0 amide bonds. The lowest BCUT2D eigenvalue weighted by Gasteiger charge is -2.12. The van der Waals surface area contributed by atoms with Gasteiger partial charge in [-0.05, 0) is 30.3 Å². The van der Waals surface area contributed by atoms with Gasteiger partial charge in [-0.3, -0.25) is 4.98 Å². The summed E-state index contributed by atoms with van der Waals surface area (Å²) >= 11 is 3.34. The molecule has 0 atom stereocenters. The summed E-state index contributed by atoms with van der Waals surface area (Å²) in [5.41, 5.74) is 3.90. The Balaban J connectivity index is 1.54. The van der Waals surface area contributed by atoms with Crippen molar-refractivity contribution in [3.63, 3.8) is 0 Å². The standard InChI is InChI=1S/C21H14N4S2/c1-2-4-17-16(3-1)20(27-15-7-9-22-10-8-15)12-23-21(17)25-14-5-6-18-19(11-14)26-13-24-18/h1-13H,(H,23,25). The molecule has 1 N–H and O–H groups in total. The second-order valence-corrected chi connectivity index (χ2v) is 7.96. The number of aromatic nitrogens is 3. The van der Waals surface area contributed by atoms with Crippen LogP contribution in [0.5, 0.6) is 0 Å². The predicted molar refractivity (Wildman–Crippen MR) is 113 cm³/mol. The van der Waals surface area contributed by atoms with Crippen molar-refractivity contribution in [2.45, 2.75) is 9.79 Å². The highest BCUT2D eigenvalue weighted by atomic mass is 32.2. The van der Waals surface area contributed by atoms with E-state index in [4.69, 9.17) is 4.98 Å². The van der Waals surface area contributed by atoms with Crippen molar-refractivity contribution in [3.05, 3.63) is 78.7 Å². The van der Waals surface area contributed by atoms with E-state index in [2.05, 4.69) is 39.6 Å². The van der Waals surface area contributed by atoms with Crippen LogP contribution in [-0.2, 0) is 0 Å². The fraction of sp³-hybridized carbons (Fsp3) is 0. The number of rotatable bonds is 4. The van der Waals surface area contributed by atoms with Gasteiger partial charge in [0.15, 0.2) is 0 Å². The number of benzene rings is 2. The van der Waals surface area contributed by atoms with Crippen LogP contribution < -0.4 is 5.32 Å². The molecule has 5 aromatic rings. The summed E-state index contributed by atoms with van der Waals surface area (Å²) in [6.45, 7) is 0. The number of hydrogen-bond acceptors (Lipinski definition) is 6. The molecule has 0 aliphatic heterocycles. The van der Waals surface area contributed by atoms with Gasteiger partial charge in [-0.1, -0.05) is 36.0 Å². The van der Waals surface area contributed by atoms with Crippen molar-refractivity contribution in [2.75, 3.05) is 5.32 Å². The van der Waals surface area contributed by atoms with Gasteiger partial charge in [-0.15, -0.1) is 11.3 Å². The molecule has 0 saturated carbocycles. The molecular weight excluding hydrogens is 372 g/mol. The van der Waals surface area contributed by atoms with E-state index in [1.54, 1.807) is 23.1 Å². The molecule has 0 saturated heterocycles. The molecule has 3 aromatic heterocycles. The minimum atomic E-state index is 0.855. The first-order chi connectivity index (χ1) is 13.4. The van der Waals surface area contributed by atoms with E-state index >= 15 is 0 Å². The van der Waals surface area contributed by atoms with Crippen LogP contribution in [0.15, 0.2) is 88.5 Å². The van der Waals surface area contributed by atoms with E-state index in [-0.39, 0.29) is 0 Å². The second kappa shape index (κ2) is 6.98. The Kier molecular flexibility index (Phi) is 4.20. The molecule has 2 aromatic carbocycles. The lowest BCUT2D eigenvalue weighted by atomic mass is 10.1. The summed E-state index contributed by atoms with van der Waals surface area (Å²) in [5.74, 6) is 0.855. The van der Waals surface area contributed by atoms with E-state index in [0.717, 1.165) is 36.9 Å². The summed E-state index contributed by atoms with van der Waals surface area (Å²) in [6.07, 6.45) is 5.55. The average molecular weight is 387 g/mol. The van der Waals surface area contributed by atoms with Gasteiger partial charge in [0.05, 0.1) is 15.7 Å². The Labute approximate surface area is 164 Å². The van der Waals surface area contributed by atoms with Gasteiger partial charge in [0.2, 0.25) is 0 Å².